The minimum atomic E-state index is -0.301. The van der Waals surface area contributed by atoms with Crippen LogP contribution in [0, 0.1) is 16.7 Å². The third kappa shape index (κ3) is 2.45. The summed E-state index contributed by atoms with van der Waals surface area (Å²) in [5.74, 6) is -0.113. The van der Waals surface area contributed by atoms with Crippen LogP contribution in [0.15, 0.2) is 0 Å². The van der Waals surface area contributed by atoms with Crippen molar-refractivity contribution in [2.75, 3.05) is 6.61 Å². The molecule has 0 heterocycles. The van der Waals surface area contributed by atoms with Crippen LogP contribution < -0.4 is 0 Å². The van der Waals surface area contributed by atoms with E-state index in [0.717, 1.165) is 0 Å². The lowest BCUT2D eigenvalue weighted by Gasteiger charge is -2.46. The zero-order valence-corrected chi connectivity index (χ0v) is 10.9. The van der Waals surface area contributed by atoms with Crippen molar-refractivity contribution in [2.45, 2.75) is 47.5 Å². The van der Waals surface area contributed by atoms with Gasteiger partial charge in [0.1, 0.15) is 5.78 Å². The molecule has 1 rings (SSSR count). The molecule has 1 aliphatic carbocycles. The van der Waals surface area contributed by atoms with Gasteiger partial charge in [0.15, 0.2) is 0 Å². The van der Waals surface area contributed by atoms with Gasteiger partial charge in [-0.3, -0.25) is 9.59 Å². The molecule has 0 aromatic heterocycles. The third-order valence-electron chi connectivity index (χ3n) is 3.39. The van der Waals surface area contributed by atoms with Gasteiger partial charge < -0.3 is 4.74 Å². The molecule has 1 saturated carbocycles. The number of esters is 1. The molecule has 3 nitrogen and oxygen atoms in total. The molecule has 3 heteroatoms. The monoisotopic (exact) mass is 226 g/mol. The molecule has 16 heavy (non-hydrogen) atoms. The van der Waals surface area contributed by atoms with Crippen molar-refractivity contribution in [1.82, 2.24) is 0 Å². The van der Waals surface area contributed by atoms with E-state index >= 15 is 0 Å². The summed E-state index contributed by atoms with van der Waals surface area (Å²) in [4.78, 5) is 23.7. The van der Waals surface area contributed by atoms with Crippen molar-refractivity contribution in [3.63, 3.8) is 0 Å². The second kappa shape index (κ2) is 4.19. The van der Waals surface area contributed by atoms with Crippen LogP contribution in [0.1, 0.15) is 47.5 Å². The average molecular weight is 226 g/mol. The van der Waals surface area contributed by atoms with Gasteiger partial charge in [-0.05, 0) is 17.8 Å². The molecule has 0 atom stereocenters. The molecular weight excluding hydrogens is 204 g/mol. The summed E-state index contributed by atoms with van der Waals surface area (Å²) < 4.78 is 5.14. The highest BCUT2D eigenvalue weighted by Crippen LogP contribution is 2.49. The van der Waals surface area contributed by atoms with Crippen molar-refractivity contribution in [1.29, 1.82) is 0 Å². The lowest BCUT2D eigenvalue weighted by Crippen LogP contribution is -2.48. The zero-order chi connectivity index (χ0) is 12.6. The van der Waals surface area contributed by atoms with Crippen LogP contribution in [-0.4, -0.2) is 18.4 Å². The van der Waals surface area contributed by atoms with Crippen LogP contribution in [0.4, 0.5) is 0 Å². The molecule has 0 aromatic rings. The summed E-state index contributed by atoms with van der Waals surface area (Å²) in [6.45, 7) is 10.1. The van der Waals surface area contributed by atoms with Crippen molar-refractivity contribution in [3.8, 4) is 0 Å². The standard InChI is InChI=1S/C13H22O3/c1-6-16-11(15)10-12(2,3)7-9(14)8-13(10,4)5/h10H,6-8H2,1-5H3. The Labute approximate surface area is 97.5 Å². The second-order valence-corrected chi connectivity index (χ2v) is 6.05. The second-order valence-electron chi connectivity index (χ2n) is 6.05. The normalized spacial score (nSPS) is 24.2. The fraction of sp³-hybridized carbons (Fsp3) is 0.846. The van der Waals surface area contributed by atoms with Gasteiger partial charge in [0, 0.05) is 12.8 Å². The lowest BCUT2D eigenvalue weighted by atomic mass is 9.57. The molecule has 0 radical (unpaired) electrons. The van der Waals surface area contributed by atoms with E-state index in [0.29, 0.717) is 19.4 Å². The molecule has 0 N–H and O–H groups in total. The summed E-state index contributed by atoms with van der Waals surface area (Å²) in [5, 5.41) is 0. The van der Waals surface area contributed by atoms with E-state index in [1.807, 2.05) is 34.6 Å². The van der Waals surface area contributed by atoms with Crippen molar-refractivity contribution < 1.29 is 14.3 Å². The van der Waals surface area contributed by atoms with Crippen LogP contribution >= 0.6 is 0 Å². The molecule has 0 aromatic carbocycles. The SMILES string of the molecule is CCOC(=O)C1C(C)(C)CC(=O)CC1(C)C. The van der Waals surface area contributed by atoms with E-state index in [9.17, 15) is 9.59 Å². The minimum Gasteiger partial charge on any atom is -0.466 e. The number of rotatable bonds is 2. The Morgan fingerprint density at radius 3 is 2.06 bits per heavy atom. The van der Waals surface area contributed by atoms with Gasteiger partial charge in [-0.15, -0.1) is 0 Å². The molecule has 0 saturated heterocycles. The van der Waals surface area contributed by atoms with E-state index in [2.05, 4.69) is 0 Å². The van der Waals surface area contributed by atoms with Gasteiger partial charge in [0.05, 0.1) is 12.5 Å². The quantitative estimate of drug-likeness (QED) is 0.680. The highest BCUT2D eigenvalue weighted by Gasteiger charge is 2.51. The van der Waals surface area contributed by atoms with Crippen LogP contribution in [0.2, 0.25) is 0 Å². The lowest BCUT2D eigenvalue weighted by molar-refractivity contribution is -0.163. The maximum Gasteiger partial charge on any atom is 0.310 e. The highest BCUT2D eigenvalue weighted by molar-refractivity contribution is 5.85. The molecule has 1 aliphatic rings. The van der Waals surface area contributed by atoms with Crippen LogP contribution in [0.5, 0.6) is 0 Å². The molecule has 92 valence electrons. The smallest absolute Gasteiger partial charge is 0.310 e. The van der Waals surface area contributed by atoms with Crippen molar-refractivity contribution in [3.05, 3.63) is 0 Å². The topological polar surface area (TPSA) is 43.4 Å². The third-order valence-corrected chi connectivity index (χ3v) is 3.39. The first-order chi connectivity index (χ1) is 7.20. The van der Waals surface area contributed by atoms with E-state index in [1.165, 1.54) is 0 Å². The average Bonchev–Trinajstić information content (AvgIpc) is 1.96. The van der Waals surface area contributed by atoms with E-state index < -0.39 is 0 Å². The maximum absolute atomic E-state index is 12.0. The summed E-state index contributed by atoms with van der Waals surface area (Å²) in [7, 11) is 0. The number of ether oxygens (including phenoxy) is 1. The van der Waals surface area contributed by atoms with Gasteiger partial charge in [0.2, 0.25) is 0 Å². The van der Waals surface area contributed by atoms with E-state index in [-0.39, 0.29) is 28.5 Å². The number of carbonyl (C=O) groups is 2. The Balaban J connectivity index is 3.01. The molecule has 0 amide bonds. The predicted molar refractivity (Wildman–Crippen MR) is 61.9 cm³/mol. The highest BCUT2D eigenvalue weighted by atomic mass is 16.5. The summed E-state index contributed by atoms with van der Waals surface area (Å²) in [6, 6.07) is 0. The van der Waals surface area contributed by atoms with Crippen LogP contribution in [0.3, 0.4) is 0 Å². The van der Waals surface area contributed by atoms with E-state index in [1.54, 1.807) is 0 Å². The number of hydrogen-bond acceptors (Lipinski definition) is 3. The van der Waals surface area contributed by atoms with Gasteiger partial charge in [0.25, 0.3) is 0 Å². The number of ketones is 1. The summed E-state index contributed by atoms with van der Waals surface area (Å²) >= 11 is 0. The van der Waals surface area contributed by atoms with Gasteiger partial charge in [-0.25, -0.2) is 0 Å². The molecule has 0 unspecified atom stereocenters. The Morgan fingerprint density at radius 2 is 1.69 bits per heavy atom. The molecule has 0 spiro atoms. The Kier molecular flexibility index (Phi) is 3.46. The first kappa shape index (κ1) is 13.2. The first-order valence-corrected chi connectivity index (χ1v) is 5.89. The maximum atomic E-state index is 12.0. The van der Waals surface area contributed by atoms with Crippen molar-refractivity contribution >= 4 is 11.8 Å². The molecule has 1 fully saturated rings. The van der Waals surface area contributed by atoms with Gasteiger partial charge in [-0.1, -0.05) is 27.7 Å². The fourth-order valence-corrected chi connectivity index (χ4v) is 3.20. The number of hydrogen-bond donors (Lipinski definition) is 0. The van der Waals surface area contributed by atoms with Crippen LogP contribution in [-0.2, 0) is 14.3 Å². The largest absolute Gasteiger partial charge is 0.466 e. The van der Waals surface area contributed by atoms with Crippen molar-refractivity contribution in [2.24, 2.45) is 16.7 Å². The van der Waals surface area contributed by atoms with Gasteiger partial charge >= 0.3 is 5.97 Å². The molecular formula is C13H22O3. The summed E-state index contributed by atoms with van der Waals surface area (Å²) in [6.07, 6.45) is 0.944. The number of Topliss-reactive ketones (excluding diaryl/α,β-unsaturated/α-hetero) is 1. The molecule has 0 bridgehead atoms. The first-order valence-electron chi connectivity index (χ1n) is 5.89. The van der Waals surface area contributed by atoms with E-state index in [4.69, 9.17) is 4.74 Å². The minimum absolute atomic E-state index is 0.162. The van der Waals surface area contributed by atoms with Crippen LogP contribution in [0.25, 0.3) is 0 Å². The summed E-state index contributed by atoms with van der Waals surface area (Å²) in [5.41, 5.74) is -0.601. The van der Waals surface area contributed by atoms with Gasteiger partial charge in [-0.2, -0.15) is 0 Å². The molecule has 0 aliphatic heterocycles. The number of carbonyl (C=O) groups excluding carboxylic acids is 2. The predicted octanol–water partition coefficient (Wildman–Crippen LogP) is 2.58. The Bertz CT molecular complexity index is 282. The Morgan fingerprint density at radius 1 is 1.25 bits per heavy atom. The zero-order valence-electron chi connectivity index (χ0n) is 10.9. The Hall–Kier alpha value is -0.860. The fourth-order valence-electron chi connectivity index (χ4n) is 3.20.